The van der Waals surface area contributed by atoms with Gasteiger partial charge in [0.1, 0.15) is 6.10 Å². The summed E-state index contributed by atoms with van der Waals surface area (Å²) in [5, 5.41) is 21.4. The number of carbonyl (C=O) groups is 1. The summed E-state index contributed by atoms with van der Waals surface area (Å²) in [6.45, 7) is 9.54. The lowest BCUT2D eigenvalue weighted by molar-refractivity contribution is -0.139. The summed E-state index contributed by atoms with van der Waals surface area (Å²) in [6.07, 6.45) is 1.77. The summed E-state index contributed by atoms with van der Waals surface area (Å²) in [5.74, 6) is -0.785. The van der Waals surface area contributed by atoms with Gasteiger partial charge in [0.25, 0.3) is 0 Å². The summed E-state index contributed by atoms with van der Waals surface area (Å²) in [4.78, 5) is 11.6. The molecule has 19 heavy (non-hydrogen) atoms. The second kappa shape index (κ2) is 3.70. The normalized spacial score (nSPS) is 49.6. The Labute approximate surface area is 112 Å². The molecular formula is C15H20O4. The molecule has 3 rings (SSSR count). The van der Waals surface area contributed by atoms with E-state index in [0.29, 0.717) is 36.8 Å². The van der Waals surface area contributed by atoms with Crippen molar-refractivity contribution in [2.75, 3.05) is 0 Å². The molecule has 1 aliphatic heterocycles. The van der Waals surface area contributed by atoms with Crippen molar-refractivity contribution in [2.24, 2.45) is 11.8 Å². The molecule has 4 heteroatoms. The molecule has 0 aromatic carbocycles. The van der Waals surface area contributed by atoms with Gasteiger partial charge in [0.2, 0.25) is 0 Å². The first-order valence-corrected chi connectivity index (χ1v) is 6.78. The summed E-state index contributed by atoms with van der Waals surface area (Å²) >= 11 is 0. The van der Waals surface area contributed by atoms with E-state index in [1.54, 1.807) is 6.92 Å². The SMILES string of the molecule is C=C1C(=O)O[C@@H]2CC(=C)[C@@]3(O)CC[C@@](C)(O)[C@@H]3C[C@H]12. The van der Waals surface area contributed by atoms with Crippen LogP contribution in [0.15, 0.2) is 24.3 Å². The van der Waals surface area contributed by atoms with Crippen molar-refractivity contribution in [2.45, 2.75) is 49.9 Å². The van der Waals surface area contributed by atoms with Crippen LogP contribution in [0.2, 0.25) is 0 Å². The first-order chi connectivity index (χ1) is 8.75. The Morgan fingerprint density at radius 2 is 2.00 bits per heavy atom. The molecule has 4 nitrogen and oxygen atoms in total. The summed E-state index contributed by atoms with van der Waals surface area (Å²) < 4.78 is 5.31. The zero-order valence-corrected chi connectivity index (χ0v) is 11.2. The number of carbonyl (C=O) groups excluding carboxylic acids is 1. The van der Waals surface area contributed by atoms with Gasteiger partial charge in [0.15, 0.2) is 0 Å². The molecule has 3 aliphatic rings. The number of hydrogen-bond acceptors (Lipinski definition) is 4. The maximum Gasteiger partial charge on any atom is 0.334 e. The van der Waals surface area contributed by atoms with Gasteiger partial charge in [0, 0.05) is 23.8 Å². The van der Waals surface area contributed by atoms with Gasteiger partial charge in [-0.05, 0) is 31.8 Å². The van der Waals surface area contributed by atoms with Crippen molar-refractivity contribution in [3.8, 4) is 0 Å². The van der Waals surface area contributed by atoms with E-state index in [1.165, 1.54) is 0 Å². The van der Waals surface area contributed by atoms with E-state index in [0.717, 1.165) is 0 Å². The highest BCUT2D eigenvalue weighted by molar-refractivity contribution is 5.90. The fourth-order valence-electron chi connectivity index (χ4n) is 4.00. The number of fused-ring (bicyclic) bond motifs is 2. The van der Waals surface area contributed by atoms with Crippen LogP contribution in [0, 0.1) is 11.8 Å². The predicted octanol–water partition coefficient (Wildman–Crippen LogP) is 1.33. The minimum absolute atomic E-state index is 0.118. The van der Waals surface area contributed by atoms with Gasteiger partial charge < -0.3 is 14.9 Å². The zero-order chi connectivity index (χ0) is 14.0. The molecule has 5 atom stereocenters. The van der Waals surface area contributed by atoms with Crippen LogP contribution >= 0.6 is 0 Å². The lowest BCUT2D eigenvalue weighted by atomic mass is 9.76. The highest BCUT2D eigenvalue weighted by Crippen LogP contribution is 2.55. The van der Waals surface area contributed by atoms with Gasteiger partial charge in [-0.2, -0.15) is 0 Å². The van der Waals surface area contributed by atoms with Crippen LogP contribution in [0.3, 0.4) is 0 Å². The summed E-state index contributed by atoms with van der Waals surface area (Å²) in [7, 11) is 0. The molecule has 0 unspecified atom stereocenters. The Kier molecular flexibility index (Phi) is 2.51. The third-order valence-corrected chi connectivity index (χ3v) is 5.31. The van der Waals surface area contributed by atoms with Crippen LogP contribution in [0.1, 0.15) is 32.6 Å². The van der Waals surface area contributed by atoms with Gasteiger partial charge in [-0.1, -0.05) is 13.2 Å². The van der Waals surface area contributed by atoms with Crippen molar-refractivity contribution >= 4 is 5.97 Å². The van der Waals surface area contributed by atoms with Gasteiger partial charge >= 0.3 is 5.97 Å². The van der Waals surface area contributed by atoms with E-state index in [2.05, 4.69) is 13.2 Å². The Balaban J connectivity index is 2.01. The zero-order valence-electron chi connectivity index (χ0n) is 11.2. The van der Waals surface area contributed by atoms with E-state index in [1.807, 2.05) is 0 Å². The van der Waals surface area contributed by atoms with Crippen LogP contribution < -0.4 is 0 Å². The van der Waals surface area contributed by atoms with Crippen LogP contribution in [0.25, 0.3) is 0 Å². The van der Waals surface area contributed by atoms with Crippen LogP contribution in [0.5, 0.6) is 0 Å². The van der Waals surface area contributed by atoms with E-state index < -0.39 is 11.2 Å². The maximum atomic E-state index is 11.6. The largest absolute Gasteiger partial charge is 0.458 e. The topological polar surface area (TPSA) is 66.8 Å². The molecule has 0 amide bonds. The lowest BCUT2D eigenvalue weighted by Crippen LogP contribution is -2.43. The van der Waals surface area contributed by atoms with Crippen molar-refractivity contribution in [1.82, 2.24) is 0 Å². The molecule has 1 heterocycles. The fraction of sp³-hybridized carbons (Fsp3) is 0.667. The molecule has 0 bridgehead atoms. The molecule has 0 radical (unpaired) electrons. The van der Waals surface area contributed by atoms with Gasteiger partial charge in [-0.3, -0.25) is 0 Å². The highest BCUT2D eigenvalue weighted by Gasteiger charge is 2.59. The van der Waals surface area contributed by atoms with Crippen molar-refractivity contribution in [3.63, 3.8) is 0 Å². The number of ether oxygens (including phenoxy) is 1. The smallest absolute Gasteiger partial charge is 0.334 e. The average Bonchev–Trinajstić information content (AvgIpc) is 2.67. The van der Waals surface area contributed by atoms with Crippen molar-refractivity contribution < 1.29 is 19.7 Å². The number of esters is 1. The molecule has 0 spiro atoms. The van der Waals surface area contributed by atoms with Crippen LogP contribution in [0.4, 0.5) is 0 Å². The van der Waals surface area contributed by atoms with Gasteiger partial charge in [0.05, 0.1) is 11.2 Å². The van der Waals surface area contributed by atoms with Crippen LogP contribution in [-0.4, -0.2) is 33.5 Å². The van der Waals surface area contributed by atoms with Crippen molar-refractivity contribution in [3.05, 3.63) is 24.3 Å². The van der Waals surface area contributed by atoms with Gasteiger partial charge in [-0.15, -0.1) is 0 Å². The summed E-state index contributed by atoms with van der Waals surface area (Å²) in [5.41, 5.74) is -0.839. The minimum Gasteiger partial charge on any atom is -0.458 e. The Hall–Kier alpha value is -1.13. The fourth-order valence-corrected chi connectivity index (χ4v) is 4.00. The second-order valence-electron chi connectivity index (χ2n) is 6.45. The average molecular weight is 264 g/mol. The van der Waals surface area contributed by atoms with Gasteiger partial charge in [-0.25, -0.2) is 4.79 Å². The number of rotatable bonds is 0. The Morgan fingerprint density at radius 3 is 2.68 bits per heavy atom. The molecule has 104 valence electrons. The number of hydrogen-bond donors (Lipinski definition) is 2. The standard InChI is InChI=1S/C15H20O4/c1-8-6-11-10(9(2)13(16)19-11)7-12-14(3,17)4-5-15(8,12)18/h10-12,17-18H,1-2,4-7H2,3H3/t10-,11-,12+,14-,15+/m1/s1. The first kappa shape index (κ1) is 12.9. The molecule has 0 aromatic heterocycles. The van der Waals surface area contributed by atoms with E-state index in [4.69, 9.17) is 4.74 Å². The Morgan fingerprint density at radius 1 is 1.32 bits per heavy atom. The molecule has 2 N–H and O–H groups in total. The molecule has 0 aromatic rings. The van der Waals surface area contributed by atoms with E-state index in [9.17, 15) is 15.0 Å². The highest BCUT2D eigenvalue weighted by atomic mass is 16.6. The minimum atomic E-state index is -1.04. The number of aliphatic hydroxyl groups is 2. The molecular weight excluding hydrogens is 244 g/mol. The maximum absolute atomic E-state index is 11.6. The Bertz CT molecular complexity index is 479. The second-order valence-corrected chi connectivity index (χ2v) is 6.45. The molecule has 3 fully saturated rings. The van der Waals surface area contributed by atoms with Crippen molar-refractivity contribution in [1.29, 1.82) is 0 Å². The third kappa shape index (κ3) is 1.63. The predicted molar refractivity (Wildman–Crippen MR) is 69.2 cm³/mol. The molecule has 2 aliphatic carbocycles. The molecule has 2 saturated carbocycles. The van der Waals surface area contributed by atoms with Crippen LogP contribution in [-0.2, 0) is 9.53 Å². The van der Waals surface area contributed by atoms with E-state index in [-0.39, 0.29) is 23.9 Å². The first-order valence-electron chi connectivity index (χ1n) is 6.78. The summed E-state index contributed by atoms with van der Waals surface area (Å²) in [6, 6.07) is 0. The monoisotopic (exact) mass is 264 g/mol. The van der Waals surface area contributed by atoms with E-state index >= 15 is 0 Å². The molecule has 1 saturated heterocycles. The lowest BCUT2D eigenvalue weighted by Gasteiger charge is -2.35. The quantitative estimate of drug-likeness (QED) is 0.393. The third-order valence-electron chi connectivity index (χ3n) is 5.31.